The molecule has 2 heteroatoms. The minimum absolute atomic E-state index is 0.282. The first-order valence-corrected chi connectivity index (χ1v) is 12.2. The van der Waals surface area contributed by atoms with E-state index in [1.807, 2.05) is 0 Å². The van der Waals surface area contributed by atoms with Crippen LogP contribution >= 0.6 is 0 Å². The lowest BCUT2D eigenvalue weighted by Gasteiger charge is -2.43. The number of allylic oxidation sites excluding steroid dienone is 4. The molecule has 6 rings (SSSR count). The molecule has 0 saturated heterocycles. The van der Waals surface area contributed by atoms with Crippen LogP contribution in [-0.2, 0) is 0 Å². The maximum Gasteiger partial charge on any atom is 0.0730 e. The summed E-state index contributed by atoms with van der Waals surface area (Å²) in [5.74, 6) is 0.303. The van der Waals surface area contributed by atoms with Gasteiger partial charge in [-0.15, -0.1) is 0 Å². The molecule has 1 N–H and O–H groups in total. The zero-order valence-electron chi connectivity index (χ0n) is 19.8. The largest absolute Gasteiger partial charge is 0.381 e. The Kier molecular flexibility index (Phi) is 5.22. The van der Waals surface area contributed by atoms with Gasteiger partial charge in [-0.1, -0.05) is 96.6 Å². The Morgan fingerprint density at radius 1 is 0.794 bits per heavy atom. The number of rotatable bonds is 3. The van der Waals surface area contributed by atoms with Crippen molar-refractivity contribution < 1.29 is 0 Å². The molecule has 3 heterocycles. The van der Waals surface area contributed by atoms with Crippen LogP contribution in [0.4, 0.5) is 0 Å². The average Bonchev–Trinajstić information content (AvgIpc) is 2.88. The van der Waals surface area contributed by atoms with Crippen LogP contribution in [0.3, 0.4) is 0 Å². The summed E-state index contributed by atoms with van der Waals surface area (Å²) >= 11 is 0. The van der Waals surface area contributed by atoms with Gasteiger partial charge in [-0.05, 0) is 47.8 Å². The van der Waals surface area contributed by atoms with Gasteiger partial charge in [0.25, 0.3) is 0 Å². The van der Waals surface area contributed by atoms with Crippen molar-refractivity contribution in [1.82, 2.24) is 10.2 Å². The van der Waals surface area contributed by atoms with Gasteiger partial charge in [0.05, 0.1) is 6.04 Å². The lowest BCUT2D eigenvalue weighted by molar-refractivity contribution is 0.288. The highest BCUT2D eigenvalue weighted by molar-refractivity contribution is 5.80. The second-order valence-electron chi connectivity index (χ2n) is 9.56. The molecule has 1 unspecified atom stereocenters. The Morgan fingerprint density at radius 2 is 1.50 bits per heavy atom. The van der Waals surface area contributed by atoms with Gasteiger partial charge in [0.15, 0.2) is 0 Å². The quantitative estimate of drug-likeness (QED) is 0.467. The molecular formula is C32H30N2. The number of benzene rings is 3. The van der Waals surface area contributed by atoms with E-state index in [1.165, 1.54) is 50.2 Å². The van der Waals surface area contributed by atoms with E-state index in [-0.39, 0.29) is 6.04 Å². The number of hydrogen-bond acceptors (Lipinski definition) is 2. The van der Waals surface area contributed by atoms with Gasteiger partial charge in [-0.3, -0.25) is 0 Å². The first-order valence-electron chi connectivity index (χ1n) is 12.2. The summed E-state index contributed by atoms with van der Waals surface area (Å²) in [6, 6.07) is 29.0. The zero-order valence-corrected chi connectivity index (χ0v) is 19.8. The van der Waals surface area contributed by atoms with Crippen molar-refractivity contribution in [3.05, 3.63) is 142 Å². The highest BCUT2D eigenvalue weighted by atomic mass is 15.2. The fourth-order valence-corrected chi connectivity index (χ4v) is 5.68. The highest BCUT2D eigenvalue weighted by Gasteiger charge is 2.34. The van der Waals surface area contributed by atoms with Crippen molar-refractivity contribution in [3.63, 3.8) is 0 Å². The molecule has 168 valence electrons. The van der Waals surface area contributed by atoms with E-state index < -0.39 is 0 Å². The van der Waals surface area contributed by atoms with Gasteiger partial charge >= 0.3 is 0 Å². The van der Waals surface area contributed by atoms with E-state index in [4.69, 9.17) is 0 Å². The third-order valence-electron chi connectivity index (χ3n) is 7.37. The average molecular weight is 443 g/mol. The molecule has 2 atom stereocenters. The second kappa shape index (κ2) is 8.53. The molecule has 0 bridgehead atoms. The molecule has 3 aliphatic rings. The number of hydrogen-bond donors (Lipinski definition) is 1. The number of nitrogens with zero attached hydrogens (tertiary/aromatic N) is 1. The summed E-state index contributed by atoms with van der Waals surface area (Å²) in [4.78, 5) is 2.55. The maximum atomic E-state index is 3.61. The third-order valence-corrected chi connectivity index (χ3v) is 7.37. The lowest BCUT2D eigenvalue weighted by Crippen LogP contribution is -2.36. The van der Waals surface area contributed by atoms with Crippen molar-refractivity contribution >= 4 is 11.3 Å². The second-order valence-corrected chi connectivity index (χ2v) is 9.56. The van der Waals surface area contributed by atoms with E-state index in [0.29, 0.717) is 5.92 Å². The Bertz CT molecular complexity index is 1360. The van der Waals surface area contributed by atoms with Crippen LogP contribution in [0.15, 0.2) is 114 Å². The van der Waals surface area contributed by atoms with Crippen molar-refractivity contribution in [2.75, 3.05) is 13.1 Å². The first-order chi connectivity index (χ1) is 16.7. The van der Waals surface area contributed by atoms with E-state index in [2.05, 4.69) is 127 Å². The van der Waals surface area contributed by atoms with Crippen LogP contribution in [0.25, 0.3) is 11.3 Å². The Hall–Kier alpha value is -3.78. The van der Waals surface area contributed by atoms with Gasteiger partial charge in [-0.2, -0.15) is 0 Å². The SMILES string of the molecule is CC1=CCNC(c2ccccc2[C@H]2CN3C=C(c4ccccc4)C(C)=CC3c3ccccc32)=C1. The number of fused-ring (bicyclic) bond motifs is 3. The minimum atomic E-state index is 0.282. The topological polar surface area (TPSA) is 15.3 Å². The Balaban J connectivity index is 1.47. The summed E-state index contributed by atoms with van der Waals surface area (Å²) in [7, 11) is 0. The molecule has 3 aliphatic heterocycles. The molecular weight excluding hydrogens is 412 g/mol. The Morgan fingerprint density at radius 3 is 2.29 bits per heavy atom. The predicted octanol–water partition coefficient (Wildman–Crippen LogP) is 7.07. The minimum Gasteiger partial charge on any atom is -0.381 e. The van der Waals surface area contributed by atoms with Crippen LogP contribution < -0.4 is 5.32 Å². The van der Waals surface area contributed by atoms with E-state index in [1.54, 1.807) is 0 Å². The normalized spacial score (nSPS) is 21.3. The molecule has 0 aliphatic carbocycles. The van der Waals surface area contributed by atoms with E-state index >= 15 is 0 Å². The number of nitrogens with one attached hydrogen (secondary N) is 1. The van der Waals surface area contributed by atoms with Crippen LogP contribution in [-0.4, -0.2) is 18.0 Å². The van der Waals surface area contributed by atoms with Gasteiger partial charge in [0, 0.05) is 42.0 Å². The van der Waals surface area contributed by atoms with Crippen molar-refractivity contribution in [2.24, 2.45) is 0 Å². The number of dihydropyridines is 1. The third kappa shape index (κ3) is 3.60. The lowest BCUT2D eigenvalue weighted by atomic mass is 9.77. The first kappa shape index (κ1) is 20.8. The van der Waals surface area contributed by atoms with Crippen LogP contribution in [0, 0.1) is 0 Å². The molecule has 3 aromatic rings. The highest BCUT2D eigenvalue weighted by Crippen LogP contribution is 2.45. The smallest absolute Gasteiger partial charge is 0.0730 e. The molecule has 0 amide bonds. The van der Waals surface area contributed by atoms with Crippen LogP contribution in [0.5, 0.6) is 0 Å². The summed E-state index contributed by atoms with van der Waals surface area (Å²) in [5, 5.41) is 3.61. The molecule has 0 spiro atoms. The van der Waals surface area contributed by atoms with Crippen LogP contribution in [0.1, 0.15) is 53.6 Å². The molecule has 0 radical (unpaired) electrons. The van der Waals surface area contributed by atoms with Crippen LogP contribution in [0.2, 0.25) is 0 Å². The maximum absolute atomic E-state index is 3.61. The fourth-order valence-electron chi connectivity index (χ4n) is 5.68. The Labute approximate surface area is 202 Å². The summed E-state index contributed by atoms with van der Waals surface area (Å²) in [5.41, 5.74) is 12.1. The summed E-state index contributed by atoms with van der Waals surface area (Å²) < 4.78 is 0. The van der Waals surface area contributed by atoms with Gasteiger partial charge < -0.3 is 10.2 Å². The zero-order chi connectivity index (χ0) is 23.1. The van der Waals surface area contributed by atoms with Gasteiger partial charge in [-0.25, -0.2) is 0 Å². The monoisotopic (exact) mass is 442 g/mol. The fraction of sp³-hybridized carbons (Fsp3) is 0.188. The van der Waals surface area contributed by atoms with Crippen molar-refractivity contribution in [2.45, 2.75) is 25.8 Å². The van der Waals surface area contributed by atoms with E-state index in [9.17, 15) is 0 Å². The molecule has 0 fully saturated rings. The predicted molar refractivity (Wildman–Crippen MR) is 142 cm³/mol. The summed E-state index contributed by atoms with van der Waals surface area (Å²) in [6.07, 6.45) is 9.36. The molecule has 3 aromatic carbocycles. The molecule has 34 heavy (non-hydrogen) atoms. The molecule has 2 nitrogen and oxygen atoms in total. The molecule has 0 saturated carbocycles. The van der Waals surface area contributed by atoms with Crippen molar-refractivity contribution in [1.29, 1.82) is 0 Å². The molecule has 0 aromatic heterocycles. The standard InChI is InChI=1S/C32H30N2/c1-22-16-17-33-31(18-22)27-14-8-6-12-25(27)30-21-34-20-29(24-10-4-3-5-11-24)23(2)19-32(34)28-15-9-7-13-26(28)30/h3-16,18-20,30,32-33H,17,21H2,1-2H3/t30-,32?/m1/s1. The van der Waals surface area contributed by atoms with Gasteiger partial charge in [0.1, 0.15) is 0 Å². The van der Waals surface area contributed by atoms with Crippen molar-refractivity contribution in [3.8, 4) is 0 Å². The van der Waals surface area contributed by atoms with E-state index in [0.717, 1.165) is 13.1 Å². The van der Waals surface area contributed by atoms with Gasteiger partial charge in [0.2, 0.25) is 0 Å². The summed E-state index contributed by atoms with van der Waals surface area (Å²) in [6.45, 7) is 6.27.